The number of nitrogens with one attached hydrogen (secondary N) is 1. The molecule has 2 rings (SSSR count). The van der Waals surface area contributed by atoms with Gasteiger partial charge in [-0.3, -0.25) is 0 Å². The van der Waals surface area contributed by atoms with Gasteiger partial charge in [0, 0.05) is 24.7 Å². The van der Waals surface area contributed by atoms with Crippen molar-refractivity contribution in [2.75, 3.05) is 11.9 Å². The molecule has 0 saturated carbocycles. The average molecular weight is 249 g/mol. The maximum absolute atomic E-state index is 5.53. The van der Waals surface area contributed by atoms with E-state index in [1.807, 2.05) is 0 Å². The fourth-order valence-electron chi connectivity index (χ4n) is 1.29. The summed E-state index contributed by atoms with van der Waals surface area (Å²) in [6.07, 6.45) is 3.63. The highest BCUT2D eigenvalue weighted by Gasteiger charge is 2.01. The highest BCUT2D eigenvalue weighted by atomic mass is 32.1. The molecule has 2 aromatic heterocycles. The van der Waals surface area contributed by atoms with Crippen molar-refractivity contribution >= 4 is 23.0 Å². The Morgan fingerprint density at radius 1 is 1.47 bits per heavy atom. The van der Waals surface area contributed by atoms with Crippen LogP contribution in [0.5, 0.6) is 0 Å². The Hall–Kier alpha value is -2.02. The third kappa shape index (κ3) is 3.22. The van der Waals surface area contributed by atoms with Crippen molar-refractivity contribution in [3.63, 3.8) is 0 Å². The maximum Gasteiger partial charge on any atom is 0.213 e. The van der Waals surface area contributed by atoms with E-state index in [0.717, 1.165) is 11.4 Å². The molecule has 0 aliphatic carbocycles. The molecule has 0 unspecified atom stereocenters. The molecule has 2 aromatic rings. The fraction of sp³-hybridized carbons (Fsp3) is 0.200. The first kappa shape index (κ1) is 11.5. The van der Waals surface area contributed by atoms with Crippen molar-refractivity contribution in [3.05, 3.63) is 36.1 Å². The normalized spacial score (nSPS) is 10.1. The van der Waals surface area contributed by atoms with Gasteiger partial charge < -0.3 is 15.6 Å². The molecule has 0 bridgehead atoms. The molecule has 7 heteroatoms. The number of aromatic nitrogens is 3. The topological polar surface area (TPSA) is 89.9 Å². The lowest BCUT2D eigenvalue weighted by atomic mass is 10.2. The number of hydrogen-bond donors (Lipinski definition) is 2. The Morgan fingerprint density at radius 2 is 2.35 bits per heavy atom. The SMILES string of the molecule is NC(=S)c1ccnc(NCCc2ncon2)c1. The molecule has 0 radical (unpaired) electrons. The average Bonchev–Trinajstić information content (AvgIpc) is 2.82. The fourth-order valence-corrected chi connectivity index (χ4v) is 1.41. The first-order chi connectivity index (χ1) is 8.25. The zero-order chi connectivity index (χ0) is 12.1. The van der Waals surface area contributed by atoms with E-state index in [-0.39, 0.29) is 0 Å². The maximum atomic E-state index is 5.53. The molecule has 88 valence electrons. The quantitative estimate of drug-likeness (QED) is 0.756. The molecule has 0 amide bonds. The number of anilines is 1. The molecule has 0 aromatic carbocycles. The molecule has 17 heavy (non-hydrogen) atoms. The summed E-state index contributed by atoms with van der Waals surface area (Å²) in [4.78, 5) is 8.42. The van der Waals surface area contributed by atoms with Gasteiger partial charge in [0.25, 0.3) is 0 Å². The van der Waals surface area contributed by atoms with Crippen LogP contribution in [-0.2, 0) is 6.42 Å². The predicted octanol–water partition coefficient (Wildman–Crippen LogP) is 0.753. The van der Waals surface area contributed by atoms with Crippen LogP contribution in [0.4, 0.5) is 5.82 Å². The molecule has 0 aliphatic rings. The second kappa shape index (κ2) is 5.35. The zero-order valence-electron chi connectivity index (χ0n) is 8.96. The molecule has 3 N–H and O–H groups in total. The van der Waals surface area contributed by atoms with Crippen molar-refractivity contribution in [2.45, 2.75) is 6.42 Å². The van der Waals surface area contributed by atoms with Crippen LogP contribution in [-0.4, -0.2) is 26.7 Å². The first-order valence-corrected chi connectivity index (χ1v) is 5.41. The molecule has 6 nitrogen and oxygen atoms in total. The lowest BCUT2D eigenvalue weighted by Gasteiger charge is -2.05. The summed E-state index contributed by atoms with van der Waals surface area (Å²) in [6.45, 7) is 0.660. The van der Waals surface area contributed by atoms with Gasteiger partial charge in [-0.25, -0.2) is 4.98 Å². The molecule has 0 aliphatic heterocycles. The second-order valence-corrected chi connectivity index (χ2v) is 3.76. The summed E-state index contributed by atoms with van der Waals surface area (Å²) in [6, 6.07) is 3.57. The summed E-state index contributed by atoms with van der Waals surface area (Å²) in [7, 11) is 0. The molecular weight excluding hydrogens is 238 g/mol. The van der Waals surface area contributed by atoms with E-state index in [9.17, 15) is 0 Å². The summed E-state index contributed by atoms with van der Waals surface area (Å²) < 4.78 is 4.63. The van der Waals surface area contributed by atoms with Crippen LogP contribution in [0.1, 0.15) is 11.4 Å². The van der Waals surface area contributed by atoms with Gasteiger partial charge in [-0.05, 0) is 12.1 Å². The van der Waals surface area contributed by atoms with Gasteiger partial charge in [0.15, 0.2) is 5.82 Å². The predicted molar refractivity (Wildman–Crippen MR) is 66.6 cm³/mol. The number of rotatable bonds is 5. The summed E-state index contributed by atoms with van der Waals surface area (Å²) in [5, 5.41) is 6.84. The smallest absolute Gasteiger partial charge is 0.213 e. The summed E-state index contributed by atoms with van der Waals surface area (Å²) in [5.41, 5.74) is 6.32. The van der Waals surface area contributed by atoms with E-state index < -0.39 is 0 Å². The Labute approximate surface area is 103 Å². The number of pyridine rings is 1. The van der Waals surface area contributed by atoms with Crippen LogP contribution in [0.2, 0.25) is 0 Å². The van der Waals surface area contributed by atoms with Gasteiger partial charge in [-0.2, -0.15) is 4.98 Å². The standard InChI is InChI=1S/C10H11N5OS/c11-10(17)7-1-3-12-9(5-7)13-4-2-8-14-6-16-15-8/h1,3,5-6H,2,4H2,(H2,11,17)(H,12,13). The number of hydrogen-bond acceptors (Lipinski definition) is 6. The monoisotopic (exact) mass is 249 g/mol. The Bertz CT molecular complexity index is 499. The van der Waals surface area contributed by atoms with Gasteiger partial charge in [0.05, 0.1) is 0 Å². The lowest BCUT2D eigenvalue weighted by molar-refractivity contribution is 0.410. The van der Waals surface area contributed by atoms with Crippen LogP contribution >= 0.6 is 12.2 Å². The van der Waals surface area contributed by atoms with Crippen LogP contribution in [0.15, 0.2) is 29.2 Å². The van der Waals surface area contributed by atoms with Crippen molar-refractivity contribution in [3.8, 4) is 0 Å². The summed E-state index contributed by atoms with van der Waals surface area (Å²) in [5.74, 6) is 1.38. The minimum absolute atomic E-state index is 0.355. The van der Waals surface area contributed by atoms with E-state index >= 15 is 0 Å². The highest BCUT2D eigenvalue weighted by molar-refractivity contribution is 7.80. The van der Waals surface area contributed by atoms with Gasteiger partial charge in [0.1, 0.15) is 10.8 Å². The Morgan fingerprint density at radius 3 is 3.06 bits per heavy atom. The van der Waals surface area contributed by atoms with Crippen LogP contribution in [0.3, 0.4) is 0 Å². The van der Waals surface area contributed by atoms with Crippen molar-refractivity contribution in [1.29, 1.82) is 0 Å². The van der Waals surface area contributed by atoms with Crippen molar-refractivity contribution in [2.24, 2.45) is 5.73 Å². The molecular formula is C10H11N5OS. The summed E-state index contributed by atoms with van der Waals surface area (Å²) >= 11 is 4.89. The molecule has 0 spiro atoms. The molecule has 2 heterocycles. The van der Waals surface area contributed by atoms with E-state index in [1.54, 1.807) is 18.3 Å². The first-order valence-electron chi connectivity index (χ1n) is 5.00. The van der Waals surface area contributed by atoms with Crippen LogP contribution < -0.4 is 11.1 Å². The minimum Gasteiger partial charge on any atom is -0.389 e. The number of thiocarbonyl (C=S) groups is 1. The Kier molecular flexibility index (Phi) is 3.61. The van der Waals surface area contributed by atoms with E-state index in [2.05, 4.69) is 25.0 Å². The van der Waals surface area contributed by atoms with Crippen molar-refractivity contribution in [1.82, 2.24) is 15.1 Å². The largest absolute Gasteiger partial charge is 0.389 e. The van der Waals surface area contributed by atoms with Gasteiger partial charge in [-0.15, -0.1) is 0 Å². The lowest BCUT2D eigenvalue weighted by Crippen LogP contribution is -2.11. The van der Waals surface area contributed by atoms with E-state index in [4.69, 9.17) is 18.0 Å². The number of nitrogens with zero attached hydrogens (tertiary/aromatic N) is 3. The van der Waals surface area contributed by atoms with E-state index in [1.165, 1.54) is 6.39 Å². The third-order valence-electron chi connectivity index (χ3n) is 2.11. The Balaban J connectivity index is 1.90. The third-order valence-corrected chi connectivity index (χ3v) is 2.34. The molecule has 0 atom stereocenters. The highest BCUT2D eigenvalue weighted by Crippen LogP contribution is 2.06. The minimum atomic E-state index is 0.355. The zero-order valence-corrected chi connectivity index (χ0v) is 9.78. The number of nitrogens with two attached hydrogens (primary N) is 1. The van der Waals surface area contributed by atoms with Crippen LogP contribution in [0.25, 0.3) is 0 Å². The molecule has 0 fully saturated rings. The van der Waals surface area contributed by atoms with Gasteiger partial charge in [0.2, 0.25) is 6.39 Å². The van der Waals surface area contributed by atoms with E-state index in [0.29, 0.717) is 23.8 Å². The van der Waals surface area contributed by atoms with Crippen LogP contribution in [0, 0.1) is 0 Å². The van der Waals surface area contributed by atoms with Gasteiger partial charge in [-0.1, -0.05) is 17.4 Å². The van der Waals surface area contributed by atoms with Gasteiger partial charge >= 0.3 is 0 Å². The molecule has 0 saturated heterocycles. The second-order valence-electron chi connectivity index (χ2n) is 3.32. The van der Waals surface area contributed by atoms with Crippen molar-refractivity contribution < 1.29 is 4.52 Å².